The second-order valence-electron chi connectivity index (χ2n) is 10.9. The number of hydrogen-bond acceptors (Lipinski definition) is 2. The molecule has 1 aromatic carbocycles. The Balaban J connectivity index is 3.31. The van der Waals surface area contributed by atoms with Crippen molar-refractivity contribution in [3.8, 4) is 0 Å². The van der Waals surface area contributed by atoms with E-state index in [1.165, 1.54) is 68.5 Å². The third kappa shape index (κ3) is 8.69. The van der Waals surface area contributed by atoms with Crippen molar-refractivity contribution < 1.29 is 9.53 Å². The summed E-state index contributed by atoms with van der Waals surface area (Å²) < 4.78 is 11.2. The van der Waals surface area contributed by atoms with Gasteiger partial charge in [0.15, 0.2) is 0 Å². The second kappa shape index (κ2) is 14.7. The van der Waals surface area contributed by atoms with Crippen LogP contribution in [0.2, 0.25) is 13.3 Å². The molecule has 184 valence electrons. The maximum atomic E-state index is 13.7. The van der Waals surface area contributed by atoms with Gasteiger partial charge in [0.2, 0.25) is 0 Å². The van der Waals surface area contributed by atoms with E-state index in [1.807, 2.05) is 0 Å². The van der Waals surface area contributed by atoms with Crippen molar-refractivity contribution in [1.29, 1.82) is 0 Å². The van der Waals surface area contributed by atoms with Crippen LogP contribution in [0.4, 0.5) is 0 Å². The molecule has 1 rings (SSSR count). The van der Waals surface area contributed by atoms with Crippen molar-refractivity contribution in [2.45, 2.75) is 132 Å². The molecule has 0 heterocycles. The van der Waals surface area contributed by atoms with Gasteiger partial charge in [-0.05, 0) is 0 Å². The number of rotatable bonds is 15. The van der Waals surface area contributed by atoms with Gasteiger partial charge in [-0.3, -0.25) is 0 Å². The van der Waals surface area contributed by atoms with Gasteiger partial charge in [0.1, 0.15) is 0 Å². The predicted molar refractivity (Wildman–Crippen MR) is 144 cm³/mol. The Hall–Kier alpha value is -0.511. The topological polar surface area (TPSA) is 26.3 Å². The second-order valence-corrected chi connectivity index (χ2v) is 24.6. The van der Waals surface area contributed by atoms with E-state index < -0.39 is 18.4 Å². The van der Waals surface area contributed by atoms with Crippen molar-refractivity contribution in [3.63, 3.8) is 0 Å². The third-order valence-electron chi connectivity index (χ3n) is 7.03. The summed E-state index contributed by atoms with van der Waals surface area (Å²) in [5.74, 6) is 1.01. The number of hydrogen-bond donors (Lipinski definition) is 0. The fraction of sp³-hybridized carbons (Fsp3) is 0.759. The molecule has 0 aromatic heterocycles. The molecule has 0 bridgehead atoms. The van der Waals surface area contributed by atoms with E-state index in [-0.39, 0.29) is 5.97 Å². The van der Waals surface area contributed by atoms with E-state index in [0.29, 0.717) is 17.8 Å². The van der Waals surface area contributed by atoms with E-state index in [4.69, 9.17) is 4.74 Å². The average molecular weight is 553 g/mol. The molecule has 2 nitrogen and oxygen atoms in total. The van der Waals surface area contributed by atoms with E-state index in [1.54, 1.807) is 0 Å². The molecular formula is C29H52O2Sn. The van der Waals surface area contributed by atoms with E-state index in [2.05, 4.69) is 74.4 Å². The molecule has 0 aliphatic carbocycles. The average Bonchev–Trinajstić information content (AvgIpc) is 2.76. The van der Waals surface area contributed by atoms with Crippen LogP contribution >= 0.6 is 0 Å². The van der Waals surface area contributed by atoms with Crippen LogP contribution in [0.5, 0.6) is 0 Å². The Morgan fingerprint density at radius 3 is 1.47 bits per heavy atom. The van der Waals surface area contributed by atoms with Crippen LogP contribution in [0.1, 0.15) is 146 Å². The van der Waals surface area contributed by atoms with Gasteiger partial charge in [0, 0.05) is 0 Å². The molecule has 0 saturated carbocycles. The Morgan fingerprint density at radius 1 is 0.750 bits per heavy atom. The summed E-state index contributed by atoms with van der Waals surface area (Å²) in [6.45, 7) is 20.2. The van der Waals surface area contributed by atoms with E-state index in [0.717, 1.165) is 10.2 Å². The first-order valence-corrected chi connectivity index (χ1v) is 21.5. The molecule has 0 radical (unpaired) electrons. The Labute approximate surface area is 204 Å². The molecule has 0 saturated heterocycles. The Kier molecular flexibility index (Phi) is 13.5. The first kappa shape index (κ1) is 29.5. The fourth-order valence-corrected chi connectivity index (χ4v) is 18.8. The van der Waals surface area contributed by atoms with Crippen LogP contribution in [-0.2, 0) is 4.74 Å². The summed E-state index contributed by atoms with van der Waals surface area (Å²) in [5, 5.41) is 0. The van der Waals surface area contributed by atoms with Gasteiger partial charge in [0.25, 0.3) is 0 Å². The molecule has 0 N–H and O–H groups in total. The quantitative estimate of drug-likeness (QED) is 0.123. The Morgan fingerprint density at radius 2 is 1.16 bits per heavy atom. The number of ether oxygens (including phenoxy) is 1. The molecule has 0 atom stereocenters. The zero-order valence-corrected chi connectivity index (χ0v) is 25.6. The standard InChI is InChI=1S/C17H25O2.3C4H9.Sn/c1-10(2)13-8-14(11(3)4)16(17(18)19-7)15(9-13)12(5)6;3*1-3-4-2;/h8-12H,7H2,1-6H3;3*1,3-4H2,2H3;/i19+2;;;;. The summed E-state index contributed by atoms with van der Waals surface area (Å²) in [5.41, 5.74) is 4.53. The third-order valence-corrected chi connectivity index (χ3v) is 21.3. The number of benzene rings is 1. The maximum absolute atomic E-state index is 13.7. The number of carbonyl (C=O) groups is 1. The van der Waals surface area contributed by atoms with Crippen LogP contribution < -0.4 is 0 Å². The summed E-state index contributed by atoms with van der Waals surface area (Å²) in [7, 11) is 0. The number of carbonyl (C=O) groups excluding carboxylic acids is 1. The van der Waals surface area contributed by atoms with Crippen LogP contribution in [0.25, 0.3) is 0 Å². The van der Waals surface area contributed by atoms with Crippen molar-refractivity contribution >= 4 is 24.3 Å². The van der Waals surface area contributed by atoms with Crippen LogP contribution in [0.15, 0.2) is 12.1 Å². The molecule has 0 spiro atoms. The monoisotopic (exact) mass is 554 g/mol. The number of unbranched alkanes of at least 4 members (excludes halogenated alkanes) is 3. The van der Waals surface area contributed by atoms with Crippen molar-refractivity contribution in [2.75, 3.05) is 4.62 Å². The van der Waals surface area contributed by atoms with Crippen molar-refractivity contribution in [2.24, 2.45) is 0 Å². The predicted octanol–water partition coefficient (Wildman–Crippen LogP) is 9.60. The fourth-order valence-electron chi connectivity index (χ4n) is 4.73. The van der Waals surface area contributed by atoms with Crippen molar-refractivity contribution in [3.05, 3.63) is 34.4 Å². The molecule has 1 aromatic rings. The van der Waals surface area contributed by atoms with Gasteiger partial charge in [-0.2, -0.15) is 0 Å². The first-order valence-electron chi connectivity index (χ1n) is 13.5. The minimum atomic E-state index is -2.51. The normalized spacial score (nSPS) is 12.2. The summed E-state index contributed by atoms with van der Waals surface area (Å²) in [6, 6.07) is 4.53. The van der Waals surface area contributed by atoms with E-state index >= 15 is 0 Å². The summed E-state index contributed by atoms with van der Waals surface area (Å²) in [6.07, 6.45) is 7.65. The van der Waals surface area contributed by atoms with Gasteiger partial charge in [-0.15, -0.1) is 0 Å². The first-order chi connectivity index (χ1) is 15.1. The van der Waals surface area contributed by atoms with Crippen LogP contribution in [-0.4, -0.2) is 29.0 Å². The van der Waals surface area contributed by atoms with Gasteiger partial charge in [-0.1, -0.05) is 0 Å². The minimum absolute atomic E-state index is 0.0572. The molecule has 3 heteroatoms. The number of esters is 1. The SMILES string of the molecule is CCC[CH2][Sn]([CH2]CCC)([CH2]CCC)[CH2][18O]C(=O)c1c(C(C)C)cc(C(C)C)cc1C(C)C. The molecule has 0 amide bonds. The molecule has 0 aliphatic rings. The molecule has 0 unspecified atom stereocenters. The van der Waals surface area contributed by atoms with Crippen molar-refractivity contribution in [1.82, 2.24) is 0 Å². The zero-order valence-electron chi connectivity index (χ0n) is 22.8. The zero-order chi connectivity index (χ0) is 24.3. The van der Waals surface area contributed by atoms with Crippen LogP contribution in [0, 0.1) is 0 Å². The van der Waals surface area contributed by atoms with Crippen LogP contribution in [0.3, 0.4) is 0 Å². The van der Waals surface area contributed by atoms with Gasteiger partial charge < -0.3 is 0 Å². The molecule has 0 aliphatic heterocycles. The Bertz CT molecular complexity index is 640. The van der Waals surface area contributed by atoms with Gasteiger partial charge in [0.05, 0.1) is 0 Å². The summed E-state index contributed by atoms with van der Waals surface area (Å²) in [4.78, 5) is 13.7. The van der Waals surface area contributed by atoms with E-state index in [9.17, 15) is 4.79 Å². The molecular weight excluding hydrogens is 501 g/mol. The van der Waals surface area contributed by atoms with Gasteiger partial charge in [-0.25, -0.2) is 0 Å². The molecule has 0 fully saturated rings. The summed E-state index contributed by atoms with van der Waals surface area (Å²) >= 11 is -2.51. The molecule has 32 heavy (non-hydrogen) atoms. The van der Waals surface area contributed by atoms with Gasteiger partial charge >= 0.3 is 205 Å².